The Labute approximate surface area is 125 Å². The number of thioether (sulfide) groups is 1. The molecule has 21 heavy (non-hydrogen) atoms. The summed E-state index contributed by atoms with van der Waals surface area (Å²) >= 11 is 0.902. The predicted octanol–water partition coefficient (Wildman–Crippen LogP) is 2.98. The number of hydrogen-bond acceptors (Lipinski definition) is 3. The Morgan fingerprint density at radius 3 is 2.76 bits per heavy atom. The number of halogens is 3. The molecule has 1 aromatic carbocycles. The molecule has 1 amide bonds. The van der Waals surface area contributed by atoms with E-state index in [0.717, 1.165) is 30.9 Å². The van der Waals surface area contributed by atoms with E-state index >= 15 is 0 Å². The molecular weight excluding hydrogens is 301 g/mol. The van der Waals surface area contributed by atoms with Gasteiger partial charge in [-0.1, -0.05) is 6.92 Å². The van der Waals surface area contributed by atoms with Crippen LogP contribution in [0.1, 0.15) is 6.92 Å². The highest BCUT2D eigenvalue weighted by molar-refractivity contribution is 7.99. The third-order valence-electron chi connectivity index (χ3n) is 3.50. The van der Waals surface area contributed by atoms with Crippen molar-refractivity contribution in [3.05, 3.63) is 24.0 Å². The predicted molar refractivity (Wildman–Crippen MR) is 77.3 cm³/mol. The van der Waals surface area contributed by atoms with E-state index in [1.165, 1.54) is 12.1 Å². The first-order valence-electron chi connectivity index (χ1n) is 6.69. The van der Waals surface area contributed by atoms with Crippen molar-refractivity contribution in [3.63, 3.8) is 0 Å². The van der Waals surface area contributed by atoms with Crippen LogP contribution in [0.25, 0.3) is 0 Å². The number of benzene rings is 1. The molecule has 1 fully saturated rings. The Hall–Kier alpha value is -1.21. The largest absolute Gasteiger partial charge is 0.325 e. The molecule has 116 valence electrons. The van der Waals surface area contributed by atoms with Crippen molar-refractivity contribution < 1.29 is 18.0 Å². The number of hydrogen-bond donors (Lipinski definition) is 2. The van der Waals surface area contributed by atoms with E-state index in [1.807, 2.05) is 6.92 Å². The second-order valence-corrected chi connectivity index (χ2v) is 6.10. The third-order valence-corrected chi connectivity index (χ3v) is 4.58. The van der Waals surface area contributed by atoms with E-state index in [0.29, 0.717) is 4.90 Å². The van der Waals surface area contributed by atoms with Crippen molar-refractivity contribution in [1.82, 2.24) is 5.32 Å². The lowest BCUT2D eigenvalue weighted by molar-refractivity contribution is -0.121. The lowest BCUT2D eigenvalue weighted by Crippen LogP contribution is -2.48. The van der Waals surface area contributed by atoms with Gasteiger partial charge in [0.1, 0.15) is 5.82 Å². The summed E-state index contributed by atoms with van der Waals surface area (Å²) in [6, 6.07) is 3.77. The van der Waals surface area contributed by atoms with Gasteiger partial charge in [-0.05, 0) is 37.2 Å². The van der Waals surface area contributed by atoms with Crippen LogP contribution in [0.5, 0.6) is 0 Å². The number of carbonyl (C=O) groups excluding carboxylic acids is 1. The minimum absolute atomic E-state index is 0.206. The number of amides is 1. The highest BCUT2D eigenvalue weighted by Gasteiger charge is 2.29. The molecule has 0 bridgehead atoms. The lowest BCUT2D eigenvalue weighted by Gasteiger charge is -2.31. The molecule has 0 aromatic heterocycles. The maximum absolute atomic E-state index is 13.3. The fraction of sp³-hybridized carbons (Fsp3) is 0.500. The number of rotatable bonds is 6. The van der Waals surface area contributed by atoms with Crippen LogP contribution in [0.2, 0.25) is 0 Å². The average Bonchev–Trinajstić information content (AvgIpc) is 2.35. The lowest BCUT2D eigenvalue weighted by atomic mass is 9.88. The molecule has 3 nitrogen and oxygen atoms in total. The summed E-state index contributed by atoms with van der Waals surface area (Å²) in [5.74, 6) is -1.06. The molecule has 1 saturated heterocycles. The number of alkyl halides is 2. The molecule has 0 aliphatic carbocycles. The zero-order valence-corrected chi connectivity index (χ0v) is 12.4. The van der Waals surface area contributed by atoms with Crippen LogP contribution in [0.15, 0.2) is 23.1 Å². The Morgan fingerprint density at radius 2 is 2.19 bits per heavy atom. The average molecular weight is 318 g/mol. The normalized spacial score (nSPS) is 16.6. The minimum Gasteiger partial charge on any atom is -0.325 e. The summed E-state index contributed by atoms with van der Waals surface area (Å²) in [6.45, 7) is 3.38. The topological polar surface area (TPSA) is 41.1 Å². The summed E-state index contributed by atoms with van der Waals surface area (Å²) in [7, 11) is 0. The van der Waals surface area contributed by atoms with Gasteiger partial charge in [-0.3, -0.25) is 4.79 Å². The zero-order chi connectivity index (χ0) is 15.4. The Balaban J connectivity index is 2.06. The molecule has 1 aliphatic heterocycles. The number of carbonyl (C=O) groups is 1. The molecule has 0 spiro atoms. The van der Waals surface area contributed by atoms with E-state index in [2.05, 4.69) is 10.6 Å². The summed E-state index contributed by atoms with van der Waals surface area (Å²) in [5.41, 5.74) is 0.254. The third kappa shape index (κ3) is 4.38. The Morgan fingerprint density at radius 1 is 1.48 bits per heavy atom. The molecule has 2 rings (SSSR count). The first kappa shape index (κ1) is 16.2. The van der Waals surface area contributed by atoms with Gasteiger partial charge < -0.3 is 10.6 Å². The van der Waals surface area contributed by atoms with Gasteiger partial charge in [0.2, 0.25) is 12.3 Å². The van der Waals surface area contributed by atoms with E-state index in [1.54, 1.807) is 0 Å². The zero-order valence-electron chi connectivity index (χ0n) is 11.5. The van der Waals surface area contributed by atoms with Crippen LogP contribution in [0, 0.1) is 17.7 Å². The van der Waals surface area contributed by atoms with Crippen LogP contribution in [-0.4, -0.2) is 31.2 Å². The van der Waals surface area contributed by atoms with Crippen molar-refractivity contribution in [2.75, 3.05) is 24.2 Å². The maximum atomic E-state index is 13.3. The van der Waals surface area contributed by atoms with Crippen molar-refractivity contribution >= 4 is 23.4 Å². The first-order valence-corrected chi connectivity index (χ1v) is 7.68. The minimum atomic E-state index is -2.46. The molecule has 1 heterocycles. The van der Waals surface area contributed by atoms with Crippen LogP contribution >= 0.6 is 11.8 Å². The summed E-state index contributed by atoms with van der Waals surface area (Å²) < 4.78 is 37.9. The van der Waals surface area contributed by atoms with Gasteiger partial charge in [0, 0.05) is 10.8 Å². The van der Waals surface area contributed by atoms with Crippen molar-refractivity contribution in [2.45, 2.75) is 18.2 Å². The van der Waals surface area contributed by atoms with Gasteiger partial charge in [-0.2, -0.15) is 0 Å². The molecule has 2 N–H and O–H groups in total. The molecule has 1 atom stereocenters. The van der Waals surface area contributed by atoms with E-state index in [-0.39, 0.29) is 23.4 Å². The van der Waals surface area contributed by atoms with Gasteiger partial charge in [-0.25, -0.2) is 13.2 Å². The Bertz CT molecular complexity index is 509. The van der Waals surface area contributed by atoms with E-state index in [9.17, 15) is 18.0 Å². The van der Waals surface area contributed by atoms with Gasteiger partial charge in [0.25, 0.3) is 0 Å². The number of nitrogens with one attached hydrogen (secondary N) is 2. The van der Waals surface area contributed by atoms with E-state index in [4.69, 9.17) is 0 Å². The van der Waals surface area contributed by atoms with Crippen LogP contribution in [-0.2, 0) is 4.79 Å². The van der Waals surface area contributed by atoms with Gasteiger partial charge in [-0.15, -0.1) is 11.8 Å². The van der Waals surface area contributed by atoms with Crippen molar-refractivity contribution in [3.8, 4) is 0 Å². The monoisotopic (exact) mass is 318 g/mol. The highest BCUT2D eigenvalue weighted by atomic mass is 32.2. The van der Waals surface area contributed by atoms with Crippen LogP contribution < -0.4 is 10.6 Å². The van der Waals surface area contributed by atoms with Crippen molar-refractivity contribution in [1.29, 1.82) is 0 Å². The molecule has 1 aliphatic rings. The SMILES string of the molecule is CC(C(=O)Nc1cc(F)ccc1SCC(F)F)C1CNC1. The van der Waals surface area contributed by atoms with Crippen molar-refractivity contribution in [2.24, 2.45) is 11.8 Å². The number of anilines is 1. The van der Waals surface area contributed by atoms with Crippen LogP contribution in [0.4, 0.5) is 18.9 Å². The molecule has 1 aromatic rings. The maximum Gasteiger partial charge on any atom is 0.247 e. The molecule has 1 unspecified atom stereocenters. The smallest absolute Gasteiger partial charge is 0.247 e. The fourth-order valence-corrected chi connectivity index (χ4v) is 2.74. The summed E-state index contributed by atoms with van der Waals surface area (Å²) in [5, 5.41) is 5.74. The second-order valence-electron chi connectivity index (χ2n) is 5.04. The second kappa shape index (κ2) is 7.17. The first-order chi connectivity index (χ1) is 9.97. The quantitative estimate of drug-likeness (QED) is 0.792. The Kier molecular flexibility index (Phi) is 5.52. The molecule has 0 saturated carbocycles. The van der Waals surface area contributed by atoms with Gasteiger partial charge in [0.15, 0.2) is 0 Å². The van der Waals surface area contributed by atoms with Gasteiger partial charge >= 0.3 is 0 Å². The molecular formula is C14H17F3N2OS. The standard InChI is InChI=1S/C14H17F3N2OS/c1-8(9-5-18-6-9)14(20)19-11-4-10(15)2-3-12(11)21-7-13(16)17/h2-4,8-9,13,18H,5-7H2,1H3,(H,19,20). The van der Waals surface area contributed by atoms with Gasteiger partial charge in [0.05, 0.1) is 11.4 Å². The highest BCUT2D eigenvalue weighted by Crippen LogP contribution is 2.30. The van der Waals surface area contributed by atoms with E-state index < -0.39 is 18.0 Å². The molecule has 0 radical (unpaired) electrons. The summed E-state index contributed by atoms with van der Waals surface area (Å²) in [6.07, 6.45) is -2.46. The molecule has 7 heteroatoms. The van der Waals surface area contributed by atoms with Crippen LogP contribution in [0.3, 0.4) is 0 Å². The fourth-order valence-electron chi connectivity index (χ4n) is 2.00. The summed E-state index contributed by atoms with van der Waals surface area (Å²) in [4.78, 5) is 12.6.